The molecule has 0 aliphatic rings. The summed E-state index contributed by atoms with van der Waals surface area (Å²) in [6.07, 6.45) is -2.44. The van der Waals surface area contributed by atoms with E-state index in [2.05, 4.69) is 10.1 Å². The second-order valence-electron chi connectivity index (χ2n) is 3.59. The SMILES string of the molecule is O=C(O)Cc1c(-c2cc[nH]c2)n[nH]c1C(F)(F)F. The van der Waals surface area contributed by atoms with Crippen LogP contribution in [0.15, 0.2) is 18.5 Å². The molecule has 0 fully saturated rings. The highest BCUT2D eigenvalue weighted by atomic mass is 19.4. The maximum Gasteiger partial charge on any atom is 0.433 e. The molecule has 96 valence electrons. The molecule has 0 amide bonds. The number of carbonyl (C=O) groups is 1. The lowest BCUT2D eigenvalue weighted by atomic mass is 10.1. The predicted molar refractivity (Wildman–Crippen MR) is 54.7 cm³/mol. The number of aromatic nitrogens is 3. The number of aromatic amines is 2. The first-order valence-electron chi connectivity index (χ1n) is 4.89. The average molecular weight is 259 g/mol. The van der Waals surface area contributed by atoms with Gasteiger partial charge in [-0.05, 0) is 6.07 Å². The van der Waals surface area contributed by atoms with E-state index in [1.165, 1.54) is 18.5 Å². The standard InChI is InChI=1S/C10H8F3N3O2/c11-10(12,13)9-6(3-7(17)18)8(15-16-9)5-1-2-14-4-5/h1-2,4,14H,3H2,(H,15,16)(H,17,18). The largest absolute Gasteiger partial charge is 0.481 e. The molecule has 0 spiro atoms. The minimum Gasteiger partial charge on any atom is -0.481 e. The van der Waals surface area contributed by atoms with E-state index in [4.69, 9.17) is 5.11 Å². The van der Waals surface area contributed by atoms with Gasteiger partial charge in [-0.1, -0.05) is 0 Å². The van der Waals surface area contributed by atoms with Crippen molar-refractivity contribution in [3.05, 3.63) is 29.7 Å². The van der Waals surface area contributed by atoms with Crippen molar-refractivity contribution in [2.45, 2.75) is 12.6 Å². The van der Waals surface area contributed by atoms with Gasteiger partial charge >= 0.3 is 12.1 Å². The topological polar surface area (TPSA) is 81.8 Å². The number of carboxylic acids is 1. The molecular weight excluding hydrogens is 251 g/mol. The summed E-state index contributed by atoms with van der Waals surface area (Å²) >= 11 is 0. The lowest BCUT2D eigenvalue weighted by Crippen LogP contribution is -2.12. The van der Waals surface area contributed by atoms with Gasteiger partial charge in [0, 0.05) is 23.5 Å². The molecule has 0 aromatic carbocycles. The van der Waals surface area contributed by atoms with Crippen molar-refractivity contribution in [1.29, 1.82) is 0 Å². The van der Waals surface area contributed by atoms with E-state index < -0.39 is 24.3 Å². The molecule has 2 heterocycles. The number of alkyl halides is 3. The van der Waals surface area contributed by atoms with Gasteiger partial charge in [0.25, 0.3) is 0 Å². The smallest absolute Gasteiger partial charge is 0.433 e. The van der Waals surface area contributed by atoms with E-state index in [0.29, 0.717) is 5.56 Å². The Balaban J connectivity index is 2.54. The Hall–Kier alpha value is -2.25. The van der Waals surface area contributed by atoms with Crippen molar-refractivity contribution < 1.29 is 23.1 Å². The Morgan fingerprint density at radius 1 is 1.44 bits per heavy atom. The van der Waals surface area contributed by atoms with Crippen molar-refractivity contribution >= 4 is 5.97 Å². The average Bonchev–Trinajstić information content (AvgIpc) is 2.81. The molecule has 0 unspecified atom stereocenters. The quantitative estimate of drug-likeness (QED) is 0.789. The fraction of sp³-hybridized carbons (Fsp3) is 0.200. The number of rotatable bonds is 3. The zero-order valence-electron chi connectivity index (χ0n) is 8.88. The Morgan fingerprint density at radius 2 is 2.17 bits per heavy atom. The van der Waals surface area contributed by atoms with Gasteiger partial charge < -0.3 is 10.1 Å². The zero-order chi connectivity index (χ0) is 13.3. The van der Waals surface area contributed by atoms with Crippen molar-refractivity contribution in [3.63, 3.8) is 0 Å². The molecule has 0 bridgehead atoms. The lowest BCUT2D eigenvalue weighted by molar-refractivity contribution is -0.142. The second kappa shape index (κ2) is 4.21. The maximum atomic E-state index is 12.7. The number of halogens is 3. The van der Waals surface area contributed by atoms with Crippen molar-refractivity contribution in [3.8, 4) is 11.3 Å². The summed E-state index contributed by atoms with van der Waals surface area (Å²) in [4.78, 5) is 13.3. The molecule has 2 aromatic heterocycles. The number of hydrogen-bond acceptors (Lipinski definition) is 2. The van der Waals surface area contributed by atoms with Crippen LogP contribution < -0.4 is 0 Å². The minimum atomic E-state index is -4.66. The summed E-state index contributed by atoms with van der Waals surface area (Å²) in [5.41, 5.74) is -1.10. The molecule has 2 rings (SSSR count). The van der Waals surface area contributed by atoms with Crippen LogP contribution >= 0.6 is 0 Å². The van der Waals surface area contributed by atoms with E-state index in [9.17, 15) is 18.0 Å². The minimum absolute atomic E-state index is 0.00836. The highest BCUT2D eigenvalue weighted by molar-refractivity contribution is 5.75. The van der Waals surface area contributed by atoms with Crippen molar-refractivity contribution in [2.24, 2.45) is 0 Å². The molecule has 0 atom stereocenters. The van der Waals surface area contributed by atoms with Gasteiger partial charge in [-0.3, -0.25) is 9.89 Å². The summed E-state index contributed by atoms with van der Waals surface area (Å²) in [7, 11) is 0. The first-order valence-corrected chi connectivity index (χ1v) is 4.89. The van der Waals surface area contributed by atoms with Crippen LogP contribution in [0.25, 0.3) is 11.3 Å². The van der Waals surface area contributed by atoms with Crippen molar-refractivity contribution in [1.82, 2.24) is 15.2 Å². The molecule has 5 nitrogen and oxygen atoms in total. The van der Waals surface area contributed by atoms with Crippen LogP contribution in [0.1, 0.15) is 11.3 Å². The molecule has 18 heavy (non-hydrogen) atoms. The second-order valence-corrected chi connectivity index (χ2v) is 3.59. The fourth-order valence-corrected chi connectivity index (χ4v) is 1.63. The molecule has 0 saturated carbocycles. The van der Waals surface area contributed by atoms with Gasteiger partial charge in [0.2, 0.25) is 0 Å². The molecule has 2 aromatic rings. The van der Waals surface area contributed by atoms with Gasteiger partial charge in [0.15, 0.2) is 0 Å². The molecule has 0 aliphatic heterocycles. The normalized spacial score (nSPS) is 11.7. The van der Waals surface area contributed by atoms with Crippen LogP contribution in [0, 0.1) is 0 Å². The van der Waals surface area contributed by atoms with Gasteiger partial charge in [-0.15, -0.1) is 0 Å². The van der Waals surface area contributed by atoms with Crippen LogP contribution in [-0.4, -0.2) is 26.3 Å². The van der Waals surface area contributed by atoms with E-state index in [0.717, 1.165) is 0 Å². The highest BCUT2D eigenvalue weighted by Crippen LogP contribution is 2.35. The number of H-pyrrole nitrogens is 2. The van der Waals surface area contributed by atoms with Gasteiger partial charge in [0.05, 0.1) is 12.1 Å². The van der Waals surface area contributed by atoms with Crippen LogP contribution in [0.5, 0.6) is 0 Å². The number of aliphatic carboxylic acids is 1. The molecular formula is C10H8F3N3O2. The Morgan fingerprint density at radius 3 is 2.67 bits per heavy atom. The molecule has 0 radical (unpaired) electrons. The number of hydrogen-bond donors (Lipinski definition) is 3. The fourth-order valence-electron chi connectivity index (χ4n) is 1.63. The maximum absolute atomic E-state index is 12.7. The predicted octanol–water partition coefficient (Wildman–Crippen LogP) is 2.05. The van der Waals surface area contributed by atoms with E-state index in [-0.39, 0.29) is 11.3 Å². The zero-order valence-corrected chi connectivity index (χ0v) is 8.88. The van der Waals surface area contributed by atoms with Gasteiger partial charge in [-0.2, -0.15) is 18.3 Å². The van der Waals surface area contributed by atoms with Gasteiger partial charge in [-0.25, -0.2) is 0 Å². The summed E-state index contributed by atoms with van der Waals surface area (Å²) in [6.45, 7) is 0. The van der Waals surface area contributed by atoms with Crippen LogP contribution in [0.4, 0.5) is 13.2 Å². The van der Waals surface area contributed by atoms with E-state index in [1.54, 1.807) is 0 Å². The third kappa shape index (κ3) is 2.22. The molecule has 0 aliphatic carbocycles. The van der Waals surface area contributed by atoms with Crippen LogP contribution in [0.2, 0.25) is 0 Å². The molecule has 0 saturated heterocycles. The van der Waals surface area contributed by atoms with Crippen molar-refractivity contribution in [2.75, 3.05) is 0 Å². The van der Waals surface area contributed by atoms with Crippen LogP contribution in [0.3, 0.4) is 0 Å². The number of nitrogens with zero attached hydrogens (tertiary/aromatic N) is 1. The third-order valence-corrected chi connectivity index (χ3v) is 2.35. The molecule has 3 N–H and O–H groups in total. The molecule has 8 heteroatoms. The Labute approximate surface area is 98.6 Å². The summed E-state index contributed by atoms with van der Waals surface area (Å²) in [5.74, 6) is -1.35. The first kappa shape index (κ1) is 12.2. The lowest BCUT2D eigenvalue weighted by Gasteiger charge is -2.06. The number of nitrogens with one attached hydrogen (secondary N) is 2. The summed E-state index contributed by atoms with van der Waals surface area (Å²) < 4.78 is 38.0. The summed E-state index contributed by atoms with van der Waals surface area (Å²) in [5, 5.41) is 14.1. The third-order valence-electron chi connectivity index (χ3n) is 2.35. The number of carboxylic acid groups (broad SMARTS) is 1. The van der Waals surface area contributed by atoms with Crippen LogP contribution in [-0.2, 0) is 17.4 Å². The highest BCUT2D eigenvalue weighted by Gasteiger charge is 2.37. The Kier molecular flexibility index (Phi) is 2.85. The van der Waals surface area contributed by atoms with E-state index in [1.807, 2.05) is 5.10 Å². The Bertz CT molecular complexity index is 557. The summed E-state index contributed by atoms with van der Waals surface area (Å²) in [6, 6.07) is 1.52. The first-order chi connectivity index (χ1) is 8.39. The van der Waals surface area contributed by atoms with Gasteiger partial charge in [0.1, 0.15) is 5.69 Å². The van der Waals surface area contributed by atoms with E-state index >= 15 is 0 Å². The monoisotopic (exact) mass is 259 g/mol.